The molecule has 76 valence electrons. The summed E-state index contributed by atoms with van der Waals surface area (Å²) in [6.45, 7) is 9.81. The summed E-state index contributed by atoms with van der Waals surface area (Å²) in [5, 5.41) is 0. The molecule has 0 radical (unpaired) electrons. The van der Waals surface area contributed by atoms with Gasteiger partial charge >= 0.3 is 0 Å². The normalized spacial score (nSPS) is 54.5. The summed E-state index contributed by atoms with van der Waals surface area (Å²) < 4.78 is 0. The molecule has 2 fully saturated rings. The largest absolute Gasteiger partial charge is 0.0651 e. The van der Waals surface area contributed by atoms with Crippen LogP contribution in [0.2, 0.25) is 0 Å². The molecule has 2 aliphatic rings. The standard InChI is InChI=1S/C13H24/c1-5-10-7-11-8-12(10)9(3)13(11,4)6-2/h9-12H,5-8H2,1-4H3. The van der Waals surface area contributed by atoms with E-state index in [2.05, 4.69) is 27.7 Å². The van der Waals surface area contributed by atoms with Gasteiger partial charge in [-0.15, -0.1) is 0 Å². The van der Waals surface area contributed by atoms with Crippen molar-refractivity contribution in [2.45, 2.75) is 53.4 Å². The monoisotopic (exact) mass is 180 g/mol. The van der Waals surface area contributed by atoms with Crippen LogP contribution >= 0.6 is 0 Å². The summed E-state index contributed by atoms with van der Waals surface area (Å²) >= 11 is 0. The summed E-state index contributed by atoms with van der Waals surface area (Å²) in [6.07, 6.45) is 5.90. The second-order valence-electron chi connectivity index (χ2n) is 5.65. The third kappa shape index (κ3) is 1.10. The minimum absolute atomic E-state index is 0.691. The van der Waals surface area contributed by atoms with Crippen LogP contribution in [-0.2, 0) is 0 Å². The Balaban J connectivity index is 2.18. The molecule has 0 heterocycles. The Labute approximate surface area is 83.1 Å². The van der Waals surface area contributed by atoms with Crippen molar-refractivity contribution in [3.8, 4) is 0 Å². The van der Waals surface area contributed by atoms with E-state index in [4.69, 9.17) is 0 Å². The van der Waals surface area contributed by atoms with Crippen molar-refractivity contribution in [1.29, 1.82) is 0 Å². The molecule has 0 amide bonds. The molecular formula is C13H24. The fourth-order valence-corrected chi connectivity index (χ4v) is 4.25. The molecule has 2 saturated carbocycles. The van der Waals surface area contributed by atoms with Crippen molar-refractivity contribution in [1.82, 2.24) is 0 Å². The van der Waals surface area contributed by atoms with Crippen LogP contribution in [0.1, 0.15) is 53.4 Å². The molecule has 0 aliphatic heterocycles. The Kier molecular flexibility index (Phi) is 2.20. The first-order valence-corrected chi connectivity index (χ1v) is 6.13. The van der Waals surface area contributed by atoms with E-state index in [1.54, 1.807) is 6.42 Å². The zero-order chi connectivity index (χ0) is 9.64. The van der Waals surface area contributed by atoms with Gasteiger partial charge in [-0.3, -0.25) is 0 Å². The number of hydrogen-bond donors (Lipinski definition) is 0. The van der Waals surface area contributed by atoms with Crippen molar-refractivity contribution in [3.05, 3.63) is 0 Å². The fraction of sp³-hybridized carbons (Fsp3) is 1.00. The van der Waals surface area contributed by atoms with Crippen LogP contribution in [0.5, 0.6) is 0 Å². The van der Waals surface area contributed by atoms with Crippen LogP contribution in [0, 0.1) is 29.1 Å². The predicted octanol–water partition coefficient (Wildman–Crippen LogP) is 4.10. The lowest BCUT2D eigenvalue weighted by molar-refractivity contribution is 0.0724. The molecule has 2 rings (SSSR count). The number of rotatable bonds is 2. The van der Waals surface area contributed by atoms with Gasteiger partial charge in [0.25, 0.3) is 0 Å². The first kappa shape index (κ1) is 9.55. The Morgan fingerprint density at radius 1 is 1.23 bits per heavy atom. The van der Waals surface area contributed by atoms with E-state index < -0.39 is 0 Å². The molecule has 0 nitrogen and oxygen atoms in total. The van der Waals surface area contributed by atoms with E-state index in [0.717, 1.165) is 23.7 Å². The highest BCUT2D eigenvalue weighted by atomic mass is 14.6. The molecular weight excluding hydrogens is 156 g/mol. The average molecular weight is 180 g/mol. The van der Waals surface area contributed by atoms with Crippen LogP contribution in [0.15, 0.2) is 0 Å². The Morgan fingerprint density at radius 3 is 2.38 bits per heavy atom. The highest BCUT2D eigenvalue weighted by molar-refractivity contribution is 5.04. The highest BCUT2D eigenvalue weighted by Crippen LogP contribution is 2.63. The SMILES string of the molecule is CCC1CC2CC1C(C)C2(C)CC. The van der Waals surface area contributed by atoms with Crippen molar-refractivity contribution >= 4 is 0 Å². The van der Waals surface area contributed by atoms with Gasteiger partial charge in [-0.25, -0.2) is 0 Å². The maximum Gasteiger partial charge on any atom is -0.0272 e. The quantitative estimate of drug-likeness (QED) is 0.600. The summed E-state index contributed by atoms with van der Waals surface area (Å²) in [6, 6.07) is 0. The van der Waals surface area contributed by atoms with Gasteiger partial charge in [-0.1, -0.05) is 40.5 Å². The zero-order valence-electron chi connectivity index (χ0n) is 9.64. The highest BCUT2D eigenvalue weighted by Gasteiger charge is 2.55. The van der Waals surface area contributed by atoms with E-state index in [1.165, 1.54) is 19.3 Å². The zero-order valence-corrected chi connectivity index (χ0v) is 9.64. The fourth-order valence-electron chi connectivity index (χ4n) is 4.25. The molecule has 5 unspecified atom stereocenters. The molecule has 13 heavy (non-hydrogen) atoms. The molecule has 2 aliphatic carbocycles. The molecule has 0 aromatic heterocycles. The van der Waals surface area contributed by atoms with Gasteiger partial charge in [0.2, 0.25) is 0 Å². The van der Waals surface area contributed by atoms with Gasteiger partial charge in [0.15, 0.2) is 0 Å². The maximum atomic E-state index is 2.54. The number of fused-ring (bicyclic) bond motifs is 2. The van der Waals surface area contributed by atoms with Crippen molar-refractivity contribution in [2.75, 3.05) is 0 Å². The Hall–Kier alpha value is 0. The average Bonchev–Trinajstić information content (AvgIpc) is 2.66. The lowest BCUT2D eigenvalue weighted by Crippen LogP contribution is -2.34. The van der Waals surface area contributed by atoms with Crippen LogP contribution in [0.25, 0.3) is 0 Å². The third-order valence-electron chi connectivity index (χ3n) is 5.65. The summed E-state index contributed by atoms with van der Waals surface area (Å²) in [5.41, 5.74) is 0.691. The molecule has 0 aromatic rings. The lowest BCUT2D eigenvalue weighted by atomic mass is 9.63. The minimum Gasteiger partial charge on any atom is -0.0651 e. The minimum atomic E-state index is 0.691. The molecule has 0 saturated heterocycles. The van der Waals surface area contributed by atoms with E-state index in [0.29, 0.717) is 5.41 Å². The first-order chi connectivity index (χ1) is 6.13. The van der Waals surface area contributed by atoms with Crippen molar-refractivity contribution in [3.63, 3.8) is 0 Å². The van der Waals surface area contributed by atoms with Gasteiger partial charge in [0, 0.05) is 0 Å². The topological polar surface area (TPSA) is 0 Å². The molecule has 0 heteroatoms. The van der Waals surface area contributed by atoms with Crippen LogP contribution in [0.3, 0.4) is 0 Å². The Bertz CT molecular complexity index is 190. The van der Waals surface area contributed by atoms with Crippen LogP contribution < -0.4 is 0 Å². The molecule has 0 spiro atoms. The summed E-state index contributed by atoms with van der Waals surface area (Å²) in [5.74, 6) is 4.18. The van der Waals surface area contributed by atoms with E-state index in [9.17, 15) is 0 Å². The molecule has 2 bridgehead atoms. The second-order valence-corrected chi connectivity index (χ2v) is 5.65. The summed E-state index contributed by atoms with van der Waals surface area (Å²) in [4.78, 5) is 0. The van der Waals surface area contributed by atoms with Gasteiger partial charge in [-0.05, 0) is 41.9 Å². The van der Waals surface area contributed by atoms with Crippen LogP contribution in [-0.4, -0.2) is 0 Å². The van der Waals surface area contributed by atoms with Gasteiger partial charge in [0.05, 0.1) is 0 Å². The molecule has 0 aromatic carbocycles. The van der Waals surface area contributed by atoms with Gasteiger partial charge in [-0.2, -0.15) is 0 Å². The van der Waals surface area contributed by atoms with Crippen molar-refractivity contribution in [2.24, 2.45) is 29.1 Å². The van der Waals surface area contributed by atoms with E-state index in [-0.39, 0.29) is 0 Å². The predicted molar refractivity (Wildman–Crippen MR) is 57.6 cm³/mol. The second kappa shape index (κ2) is 3.00. The van der Waals surface area contributed by atoms with E-state index in [1.807, 2.05) is 0 Å². The van der Waals surface area contributed by atoms with E-state index >= 15 is 0 Å². The third-order valence-corrected chi connectivity index (χ3v) is 5.65. The Morgan fingerprint density at radius 2 is 1.92 bits per heavy atom. The number of hydrogen-bond acceptors (Lipinski definition) is 0. The smallest absolute Gasteiger partial charge is 0.0272 e. The molecule has 5 atom stereocenters. The maximum absolute atomic E-state index is 2.54. The van der Waals surface area contributed by atoms with Gasteiger partial charge in [0.1, 0.15) is 0 Å². The first-order valence-electron chi connectivity index (χ1n) is 6.13. The van der Waals surface area contributed by atoms with Gasteiger partial charge < -0.3 is 0 Å². The molecule has 0 N–H and O–H groups in total. The van der Waals surface area contributed by atoms with Crippen LogP contribution in [0.4, 0.5) is 0 Å². The van der Waals surface area contributed by atoms with Crippen molar-refractivity contribution < 1.29 is 0 Å². The lowest BCUT2D eigenvalue weighted by Gasteiger charge is -2.42. The summed E-state index contributed by atoms with van der Waals surface area (Å²) in [7, 11) is 0.